The Labute approximate surface area is 120 Å². The minimum atomic E-state index is -0.450. The van der Waals surface area contributed by atoms with Gasteiger partial charge in [0.25, 0.3) is 5.69 Å². The Morgan fingerprint density at radius 1 is 1.30 bits per heavy atom. The van der Waals surface area contributed by atoms with E-state index in [-0.39, 0.29) is 17.3 Å². The molecule has 2 aromatic carbocycles. The summed E-state index contributed by atoms with van der Waals surface area (Å²) >= 11 is 5.92. The Hall–Kier alpha value is -2.14. The minimum Gasteiger partial charge on any atom is -0.375 e. The number of hydrogen-bond donors (Lipinski definition) is 1. The van der Waals surface area contributed by atoms with Crippen LogP contribution >= 0.6 is 11.6 Å². The van der Waals surface area contributed by atoms with Crippen molar-refractivity contribution in [1.29, 1.82) is 0 Å². The predicted octanol–water partition coefficient (Wildman–Crippen LogP) is 4.31. The Kier molecular flexibility index (Phi) is 4.20. The number of nitro groups is 1. The molecule has 0 spiro atoms. The maximum Gasteiger partial charge on any atom is 0.292 e. The van der Waals surface area contributed by atoms with Crippen molar-refractivity contribution < 1.29 is 9.31 Å². The molecule has 0 unspecified atom stereocenters. The summed E-state index contributed by atoms with van der Waals surface area (Å²) in [7, 11) is 0. The van der Waals surface area contributed by atoms with Gasteiger partial charge in [-0.25, -0.2) is 4.39 Å². The number of rotatable bonds is 4. The normalized spacial score (nSPS) is 10.3. The van der Waals surface area contributed by atoms with Gasteiger partial charge in [-0.05, 0) is 36.2 Å². The summed E-state index contributed by atoms with van der Waals surface area (Å²) in [5.74, 6) is -0.416. The molecular formula is C14H12ClFN2O2. The lowest BCUT2D eigenvalue weighted by molar-refractivity contribution is -0.384. The van der Waals surface area contributed by atoms with Gasteiger partial charge in [0.2, 0.25) is 0 Å². The van der Waals surface area contributed by atoms with Crippen LogP contribution in [0.25, 0.3) is 0 Å². The molecule has 0 atom stereocenters. The number of anilines is 1. The Balaban J connectivity index is 2.22. The van der Waals surface area contributed by atoms with Crippen LogP contribution in [-0.2, 0) is 6.54 Å². The van der Waals surface area contributed by atoms with E-state index in [0.717, 1.165) is 5.56 Å². The molecule has 0 aliphatic carbocycles. The van der Waals surface area contributed by atoms with Crippen molar-refractivity contribution in [3.8, 4) is 0 Å². The van der Waals surface area contributed by atoms with Crippen LogP contribution in [-0.4, -0.2) is 4.92 Å². The highest BCUT2D eigenvalue weighted by Crippen LogP contribution is 2.26. The fraction of sp³-hybridized carbons (Fsp3) is 0.143. The lowest BCUT2D eigenvalue weighted by Gasteiger charge is -2.09. The summed E-state index contributed by atoms with van der Waals surface area (Å²) in [6, 6.07) is 8.87. The Morgan fingerprint density at radius 3 is 2.70 bits per heavy atom. The second kappa shape index (κ2) is 5.88. The highest BCUT2D eigenvalue weighted by Gasteiger charge is 2.13. The van der Waals surface area contributed by atoms with E-state index < -0.39 is 10.7 Å². The smallest absolute Gasteiger partial charge is 0.292 e. The van der Waals surface area contributed by atoms with Crippen LogP contribution in [0.2, 0.25) is 5.02 Å². The number of nitrogens with zero attached hydrogens (tertiary/aromatic N) is 1. The molecular weight excluding hydrogens is 283 g/mol. The first kappa shape index (κ1) is 14.3. The van der Waals surface area contributed by atoms with Gasteiger partial charge in [0.15, 0.2) is 0 Å². The standard InChI is InChI=1S/C14H12ClFN2O2/c1-9-2-5-14(18(19)20)13(6-9)17-8-10-3-4-11(16)7-12(10)15/h2-7,17H,8H2,1H3. The first-order valence-electron chi connectivity index (χ1n) is 5.90. The van der Waals surface area contributed by atoms with Crippen molar-refractivity contribution >= 4 is 23.0 Å². The van der Waals surface area contributed by atoms with Crippen molar-refractivity contribution in [3.05, 3.63) is 68.5 Å². The molecule has 0 amide bonds. The number of hydrogen-bond acceptors (Lipinski definition) is 3. The van der Waals surface area contributed by atoms with Gasteiger partial charge in [-0.15, -0.1) is 0 Å². The predicted molar refractivity (Wildman–Crippen MR) is 76.6 cm³/mol. The molecule has 0 fully saturated rings. The highest BCUT2D eigenvalue weighted by atomic mass is 35.5. The van der Waals surface area contributed by atoms with Gasteiger partial charge in [0.05, 0.1) is 4.92 Å². The third kappa shape index (κ3) is 3.24. The summed E-state index contributed by atoms with van der Waals surface area (Å²) in [4.78, 5) is 10.5. The average Bonchev–Trinajstić information content (AvgIpc) is 2.37. The highest BCUT2D eigenvalue weighted by molar-refractivity contribution is 6.31. The maximum atomic E-state index is 12.9. The Bertz CT molecular complexity index is 662. The minimum absolute atomic E-state index is 0.00571. The second-order valence-electron chi connectivity index (χ2n) is 4.37. The summed E-state index contributed by atoms with van der Waals surface area (Å²) in [5.41, 5.74) is 1.98. The molecule has 0 saturated heterocycles. The van der Waals surface area contributed by atoms with E-state index in [9.17, 15) is 14.5 Å². The zero-order chi connectivity index (χ0) is 14.7. The summed E-state index contributed by atoms with van der Waals surface area (Å²) in [5, 5.41) is 14.2. The molecule has 0 radical (unpaired) electrons. The maximum absolute atomic E-state index is 12.9. The van der Waals surface area contributed by atoms with Crippen LogP contribution < -0.4 is 5.32 Å². The fourth-order valence-corrected chi connectivity index (χ4v) is 2.04. The van der Waals surface area contributed by atoms with Crippen molar-refractivity contribution in [2.75, 3.05) is 5.32 Å². The van der Waals surface area contributed by atoms with E-state index >= 15 is 0 Å². The van der Waals surface area contributed by atoms with Crippen molar-refractivity contribution in [3.63, 3.8) is 0 Å². The average molecular weight is 295 g/mol. The zero-order valence-corrected chi connectivity index (χ0v) is 11.4. The van der Waals surface area contributed by atoms with Crippen LogP contribution in [0.3, 0.4) is 0 Å². The van der Waals surface area contributed by atoms with E-state index in [1.54, 1.807) is 18.2 Å². The van der Waals surface area contributed by atoms with Crippen LogP contribution in [0.5, 0.6) is 0 Å². The van der Waals surface area contributed by atoms with Gasteiger partial charge in [-0.2, -0.15) is 0 Å². The molecule has 0 bridgehead atoms. The van der Waals surface area contributed by atoms with Gasteiger partial charge >= 0.3 is 0 Å². The zero-order valence-electron chi connectivity index (χ0n) is 10.7. The third-order valence-electron chi connectivity index (χ3n) is 2.83. The molecule has 20 heavy (non-hydrogen) atoms. The van der Waals surface area contributed by atoms with E-state index in [1.165, 1.54) is 18.2 Å². The first-order valence-corrected chi connectivity index (χ1v) is 6.28. The van der Waals surface area contributed by atoms with Gasteiger partial charge in [-0.3, -0.25) is 10.1 Å². The molecule has 2 rings (SSSR count). The van der Waals surface area contributed by atoms with Crippen LogP contribution in [0.1, 0.15) is 11.1 Å². The van der Waals surface area contributed by atoms with E-state index in [1.807, 2.05) is 6.92 Å². The first-order chi connectivity index (χ1) is 9.47. The lowest BCUT2D eigenvalue weighted by atomic mass is 10.1. The van der Waals surface area contributed by atoms with E-state index in [2.05, 4.69) is 5.32 Å². The molecule has 4 nitrogen and oxygen atoms in total. The van der Waals surface area contributed by atoms with Crippen molar-refractivity contribution in [2.24, 2.45) is 0 Å². The Morgan fingerprint density at radius 2 is 2.05 bits per heavy atom. The van der Waals surface area contributed by atoms with E-state index in [4.69, 9.17) is 11.6 Å². The third-order valence-corrected chi connectivity index (χ3v) is 3.19. The van der Waals surface area contributed by atoms with Gasteiger partial charge in [0.1, 0.15) is 11.5 Å². The fourth-order valence-electron chi connectivity index (χ4n) is 1.81. The molecule has 6 heteroatoms. The molecule has 2 aromatic rings. The molecule has 1 N–H and O–H groups in total. The monoisotopic (exact) mass is 294 g/mol. The lowest BCUT2D eigenvalue weighted by Crippen LogP contribution is -2.03. The second-order valence-corrected chi connectivity index (χ2v) is 4.77. The number of nitro benzene ring substituents is 1. The van der Waals surface area contributed by atoms with Crippen LogP contribution in [0.4, 0.5) is 15.8 Å². The van der Waals surface area contributed by atoms with Gasteiger partial charge in [-0.1, -0.05) is 23.7 Å². The van der Waals surface area contributed by atoms with Gasteiger partial charge < -0.3 is 5.32 Å². The topological polar surface area (TPSA) is 55.2 Å². The summed E-state index contributed by atoms with van der Waals surface area (Å²) in [6.45, 7) is 2.13. The molecule has 104 valence electrons. The summed E-state index contributed by atoms with van der Waals surface area (Å²) < 4.78 is 12.9. The van der Waals surface area contributed by atoms with Crippen molar-refractivity contribution in [1.82, 2.24) is 0 Å². The SMILES string of the molecule is Cc1ccc([N+](=O)[O-])c(NCc2ccc(F)cc2Cl)c1. The van der Waals surface area contributed by atoms with Crippen LogP contribution in [0.15, 0.2) is 36.4 Å². The van der Waals surface area contributed by atoms with Gasteiger partial charge in [0, 0.05) is 17.6 Å². The number of nitrogens with one attached hydrogen (secondary N) is 1. The van der Waals surface area contributed by atoms with Crippen LogP contribution in [0, 0.1) is 22.9 Å². The molecule has 0 aromatic heterocycles. The summed E-state index contributed by atoms with van der Waals surface area (Å²) in [6.07, 6.45) is 0. The quantitative estimate of drug-likeness (QED) is 0.675. The van der Waals surface area contributed by atoms with Crippen molar-refractivity contribution in [2.45, 2.75) is 13.5 Å². The molecule has 0 heterocycles. The number of benzene rings is 2. The number of halogens is 2. The molecule has 0 saturated carbocycles. The molecule has 0 aliphatic heterocycles. The largest absolute Gasteiger partial charge is 0.375 e. The van der Waals surface area contributed by atoms with E-state index in [0.29, 0.717) is 11.3 Å². The molecule has 0 aliphatic rings. The number of aryl methyl sites for hydroxylation is 1.